The molecule has 0 spiro atoms. The summed E-state index contributed by atoms with van der Waals surface area (Å²) in [5, 5.41) is 11.2. The van der Waals surface area contributed by atoms with E-state index in [1.165, 1.54) is 0 Å². The van der Waals surface area contributed by atoms with Crippen LogP contribution in [0.3, 0.4) is 0 Å². The summed E-state index contributed by atoms with van der Waals surface area (Å²) in [5.41, 5.74) is 0. The molecule has 3 nitrogen and oxygen atoms in total. The van der Waals surface area contributed by atoms with E-state index in [1.54, 1.807) is 0 Å². The number of unbranched alkanes of at least 4 members (excludes halogenated alkanes) is 1. The van der Waals surface area contributed by atoms with Crippen LogP contribution in [0, 0.1) is 0 Å². The summed E-state index contributed by atoms with van der Waals surface area (Å²) in [5.74, 6) is 0.161. The van der Waals surface area contributed by atoms with Gasteiger partial charge in [-0.2, -0.15) is 0 Å². The van der Waals surface area contributed by atoms with Gasteiger partial charge in [-0.25, -0.2) is 0 Å². The maximum atomic E-state index is 10.4. The topological polar surface area (TPSA) is 49.3 Å². The average Bonchev–Trinajstić information content (AvgIpc) is 1.85. The van der Waals surface area contributed by atoms with Crippen LogP contribution in [0.2, 0.25) is 0 Å². The Balaban J connectivity index is 1.90. The minimum Gasteiger partial charge on any atom is -0.396 e. The number of hydrogen-bond acceptors (Lipinski definition) is 2. The second kappa shape index (κ2) is 3.56. The summed E-state index contributed by atoms with van der Waals surface area (Å²) in [6, 6.07) is 0.402. The molecule has 1 fully saturated rings. The molecule has 0 aromatic carbocycles. The Morgan fingerprint density at radius 3 is 2.80 bits per heavy atom. The Bertz CT molecular complexity index is 117. The zero-order chi connectivity index (χ0) is 7.40. The lowest BCUT2D eigenvalue weighted by atomic mass is 10.0. The lowest BCUT2D eigenvalue weighted by molar-refractivity contribution is -0.128. The minimum atomic E-state index is 0.161. The van der Waals surface area contributed by atoms with Gasteiger partial charge in [-0.15, -0.1) is 0 Å². The van der Waals surface area contributed by atoms with E-state index in [0.29, 0.717) is 12.5 Å². The molecule has 3 heteroatoms. The highest BCUT2D eigenvalue weighted by Gasteiger charge is 2.23. The Morgan fingerprint density at radius 1 is 1.60 bits per heavy atom. The highest BCUT2D eigenvalue weighted by molar-refractivity contribution is 5.82. The van der Waals surface area contributed by atoms with Gasteiger partial charge in [0.15, 0.2) is 0 Å². The predicted molar refractivity (Wildman–Crippen MR) is 37.5 cm³/mol. The zero-order valence-electron chi connectivity index (χ0n) is 5.97. The molecule has 0 bridgehead atoms. The van der Waals surface area contributed by atoms with Crippen LogP contribution < -0.4 is 5.32 Å². The Morgan fingerprint density at radius 2 is 2.30 bits per heavy atom. The second-order valence-corrected chi connectivity index (χ2v) is 2.69. The number of β-lactam (4-membered cyclic amide) rings is 1. The van der Waals surface area contributed by atoms with E-state index in [9.17, 15) is 4.79 Å². The quantitative estimate of drug-likeness (QED) is 0.431. The molecule has 10 heavy (non-hydrogen) atoms. The number of aliphatic hydroxyl groups excluding tert-OH is 1. The maximum Gasteiger partial charge on any atom is 0.222 e. The smallest absolute Gasteiger partial charge is 0.222 e. The van der Waals surface area contributed by atoms with Crippen LogP contribution in [0.5, 0.6) is 0 Å². The van der Waals surface area contributed by atoms with Crippen LogP contribution in [-0.4, -0.2) is 23.7 Å². The van der Waals surface area contributed by atoms with Gasteiger partial charge in [0.1, 0.15) is 0 Å². The third kappa shape index (κ3) is 1.99. The third-order valence-corrected chi connectivity index (χ3v) is 1.76. The van der Waals surface area contributed by atoms with Crippen molar-refractivity contribution >= 4 is 5.91 Å². The van der Waals surface area contributed by atoms with Gasteiger partial charge < -0.3 is 10.4 Å². The number of aliphatic hydroxyl groups is 1. The van der Waals surface area contributed by atoms with E-state index < -0.39 is 0 Å². The van der Waals surface area contributed by atoms with Gasteiger partial charge in [-0.1, -0.05) is 0 Å². The fraction of sp³-hybridized carbons (Fsp3) is 0.857. The van der Waals surface area contributed by atoms with Gasteiger partial charge in [0, 0.05) is 19.1 Å². The number of amides is 1. The number of hydrogen-bond donors (Lipinski definition) is 2. The van der Waals surface area contributed by atoms with Crippen molar-refractivity contribution in [1.82, 2.24) is 5.32 Å². The molecule has 0 aromatic heterocycles. The molecule has 58 valence electrons. The van der Waals surface area contributed by atoms with Crippen LogP contribution in [-0.2, 0) is 4.79 Å². The van der Waals surface area contributed by atoms with Crippen molar-refractivity contribution in [3.8, 4) is 0 Å². The van der Waals surface area contributed by atoms with Crippen molar-refractivity contribution in [2.75, 3.05) is 6.61 Å². The maximum absolute atomic E-state index is 10.4. The minimum absolute atomic E-state index is 0.161. The first-order chi connectivity index (χ1) is 4.83. The van der Waals surface area contributed by atoms with Crippen LogP contribution in [0.25, 0.3) is 0 Å². The number of carbonyl (C=O) groups excluding carboxylic acids is 1. The van der Waals surface area contributed by atoms with Gasteiger partial charge in [-0.05, 0) is 19.3 Å². The molecule has 1 aliphatic rings. The van der Waals surface area contributed by atoms with Gasteiger partial charge in [0.25, 0.3) is 0 Å². The highest BCUT2D eigenvalue weighted by atomic mass is 16.2. The van der Waals surface area contributed by atoms with Crippen molar-refractivity contribution in [2.45, 2.75) is 31.7 Å². The SMILES string of the molecule is O=C1C[C@H](CCCCO)N1. The molecular formula is C7H13NO2. The van der Waals surface area contributed by atoms with E-state index in [0.717, 1.165) is 19.3 Å². The Hall–Kier alpha value is -0.570. The fourth-order valence-electron chi connectivity index (χ4n) is 1.11. The number of carbonyl (C=O) groups is 1. The van der Waals surface area contributed by atoms with Crippen molar-refractivity contribution in [1.29, 1.82) is 0 Å². The predicted octanol–water partition coefficient (Wildman–Crippen LogP) is 0.0375. The molecular weight excluding hydrogens is 130 g/mol. The molecule has 0 radical (unpaired) electrons. The lowest BCUT2D eigenvalue weighted by Gasteiger charge is -2.26. The van der Waals surface area contributed by atoms with Crippen molar-refractivity contribution in [3.05, 3.63) is 0 Å². The van der Waals surface area contributed by atoms with Crippen molar-refractivity contribution in [2.24, 2.45) is 0 Å². The summed E-state index contributed by atoms with van der Waals surface area (Å²) in [6.07, 6.45) is 3.57. The highest BCUT2D eigenvalue weighted by Crippen LogP contribution is 2.11. The first-order valence-corrected chi connectivity index (χ1v) is 3.73. The second-order valence-electron chi connectivity index (χ2n) is 2.69. The molecule has 2 N–H and O–H groups in total. The van der Waals surface area contributed by atoms with E-state index >= 15 is 0 Å². The molecule has 0 aliphatic carbocycles. The zero-order valence-corrected chi connectivity index (χ0v) is 5.97. The first kappa shape index (κ1) is 7.54. The molecule has 1 heterocycles. The van der Waals surface area contributed by atoms with Gasteiger partial charge in [-0.3, -0.25) is 4.79 Å². The number of nitrogens with one attached hydrogen (secondary N) is 1. The monoisotopic (exact) mass is 143 g/mol. The Kier molecular flexibility index (Phi) is 2.68. The molecule has 1 amide bonds. The standard InChI is InChI=1S/C7H13NO2/c9-4-2-1-3-6-5-7(10)8-6/h6,9H,1-5H2,(H,8,10)/t6-/m0/s1. The van der Waals surface area contributed by atoms with Crippen molar-refractivity contribution in [3.63, 3.8) is 0 Å². The molecule has 1 saturated heterocycles. The van der Waals surface area contributed by atoms with E-state index in [1.807, 2.05) is 0 Å². The van der Waals surface area contributed by atoms with E-state index in [4.69, 9.17) is 5.11 Å². The molecule has 0 saturated carbocycles. The summed E-state index contributed by atoms with van der Waals surface area (Å²) in [7, 11) is 0. The first-order valence-electron chi connectivity index (χ1n) is 3.73. The normalized spacial score (nSPS) is 23.7. The number of rotatable bonds is 4. The van der Waals surface area contributed by atoms with Crippen molar-refractivity contribution < 1.29 is 9.90 Å². The van der Waals surface area contributed by atoms with Crippen LogP contribution in [0.15, 0.2) is 0 Å². The van der Waals surface area contributed by atoms with Gasteiger partial charge in [0.2, 0.25) is 5.91 Å². The molecule has 0 unspecified atom stereocenters. The fourth-order valence-corrected chi connectivity index (χ4v) is 1.11. The van der Waals surface area contributed by atoms with Gasteiger partial charge in [0.05, 0.1) is 0 Å². The van der Waals surface area contributed by atoms with Crippen LogP contribution >= 0.6 is 0 Å². The Labute approximate surface area is 60.4 Å². The third-order valence-electron chi connectivity index (χ3n) is 1.76. The lowest BCUT2D eigenvalue weighted by Crippen LogP contribution is -2.48. The molecule has 1 rings (SSSR count). The summed E-state index contributed by atoms with van der Waals surface area (Å²) < 4.78 is 0. The van der Waals surface area contributed by atoms with E-state index in [-0.39, 0.29) is 12.5 Å². The van der Waals surface area contributed by atoms with Gasteiger partial charge >= 0.3 is 0 Å². The molecule has 0 aromatic rings. The van der Waals surface area contributed by atoms with Crippen LogP contribution in [0.4, 0.5) is 0 Å². The summed E-state index contributed by atoms with van der Waals surface area (Å²) in [6.45, 7) is 0.265. The summed E-state index contributed by atoms with van der Waals surface area (Å²) in [4.78, 5) is 10.4. The van der Waals surface area contributed by atoms with E-state index in [2.05, 4.69) is 5.32 Å². The molecule has 1 aliphatic heterocycles. The molecule has 1 atom stereocenters. The summed E-state index contributed by atoms with van der Waals surface area (Å²) >= 11 is 0. The average molecular weight is 143 g/mol. The largest absolute Gasteiger partial charge is 0.396 e. The van der Waals surface area contributed by atoms with Crippen LogP contribution in [0.1, 0.15) is 25.7 Å².